The molecule has 5 aliphatic rings. The maximum Gasteiger partial charge on any atom is 0.201 e. The van der Waals surface area contributed by atoms with Gasteiger partial charge in [-0.1, -0.05) is 30.7 Å². The second kappa shape index (κ2) is 7.24. The molecule has 5 fully saturated rings. The highest BCUT2D eigenvalue weighted by Crippen LogP contribution is 2.60. The van der Waals surface area contributed by atoms with Crippen LogP contribution >= 0.6 is 11.6 Å². The molecule has 4 aliphatic heterocycles. The molecule has 28 heavy (non-hydrogen) atoms. The van der Waals surface area contributed by atoms with Gasteiger partial charge in [0.15, 0.2) is 11.9 Å². The lowest BCUT2D eigenvalue weighted by Crippen LogP contribution is -2.69. The molecule has 5 heteroatoms. The van der Waals surface area contributed by atoms with E-state index < -0.39 is 11.4 Å². The zero-order chi connectivity index (χ0) is 19.4. The number of aryl methyl sites for hydroxylation is 1. The topological polar surface area (TPSA) is 36.9 Å². The van der Waals surface area contributed by atoms with Crippen LogP contribution in [0.1, 0.15) is 57.9 Å². The predicted octanol–water partition coefficient (Wildman–Crippen LogP) is 5.52. The Morgan fingerprint density at radius 3 is 2.89 bits per heavy atom. The van der Waals surface area contributed by atoms with E-state index in [0.29, 0.717) is 23.7 Å². The number of ether oxygens (including phenoxy) is 2. The van der Waals surface area contributed by atoms with Gasteiger partial charge in [0.25, 0.3) is 0 Å². The minimum atomic E-state index is -0.670. The predicted molar refractivity (Wildman–Crippen MR) is 107 cm³/mol. The molecule has 2 bridgehead atoms. The monoisotopic (exact) mass is 406 g/mol. The summed E-state index contributed by atoms with van der Waals surface area (Å²) in [5.74, 6) is 1.31. The number of fused-ring (bicyclic) bond motifs is 2. The fraction of sp³-hybridized carbons (Fsp3) is 0.739. The van der Waals surface area contributed by atoms with Crippen molar-refractivity contribution < 1.29 is 19.2 Å². The lowest BCUT2D eigenvalue weighted by molar-refractivity contribution is -0.567. The van der Waals surface area contributed by atoms with Crippen molar-refractivity contribution in [3.8, 4) is 0 Å². The van der Waals surface area contributed by atoms with Crippen molar-refractivity contribution in [3.05, 3.63) is 34.9 Å². The molecule has 6 rings (SSSR count). The zero-order valence-electron chi connectivity index (χ0n) is 16.9. The molecule has 0 N–H and O–H groups in total. The van der Waals surface area contributed by atoms with E-state index in [1.807, 2.05) is 19.1 Å². The van der Waals surface area contributed by atoms with Crippen molar-refractivity contribution in [2.75, 3.05) is 6.61 Å². The molecule has 7 atom stereocenters. The average molecular weight is 407 g/mol. The third-order valence-electron chi connectivity index (χ3n) is 7.74. The maximum atomic E-state index is 6.33. The van der Waals surface area contributed by atoms with E-state index in [1.165, 1.54) is 18.4 Å². The van der Waals surface area contributed by atoms with Crippen LogP contribution in [-0.4, -0.2) is 24.3 Å². The smallest absolute Gasteiger partial charge is 0.201 e. The van der Waals surface area contributed by atoms with Crippen LogP contribution in [0.15, 0.2) is 24.3 Å². The van der Waals surface area contributed by atoms with Gasteiger partial charge in [0.2, 0.25) is 5.79 Å². The van der Waals surface area contributed by atoms with Crippen molar-refractivity contribution in [2.45, 2.75) is 76.5 Å². The van der Waals surface area contributed by atoms with Gasteiger partial charge in [-0.05, 0) is 80.9 Å². The van der Waals surface area contributed by atoms with E-state index in [1.54, 1.807) is 0 Å². The van der Waals surface area contributed by atoms with Gasteiger partial charge >= 0.3 is 0 Å². The Labute approximate surface area is 172 Å². The van der Waals surface area contributed by atoms with Gasteiger partial charge in [-0.25, -0.2) is 9.78 Å². The van der Waals surface area contributed by atoms with Crippen LogP contribution in [0.5, 0.6) is 0 Å². The molecule has 1 aliphatic carbocycles. The number of halogens is 1. The Balaban J connectivity index is 1.34. The zero-order valence-corrected chi connectivity index (χ0v) is 17.6. The summed E-state index contributed by atoms with van der Waals surface area (Å²) in [7, 11) is 0. The van der Waals surface area contributed by atoms with E-state index in [-0.39, 0.29) is 6.29 Å². The lowest BCUT2D eigenvalue weighted by atomic mass is 9.57. The van der Waals surface area contributed by atoms with Gasteiger partial charge in [0.05, 0.1) is 6.61 Å². The standard InChI is InChI=1S/C23H31ClO4/c1-15-9-10-20-17(7-3-5-16-6-4-8-18(24)13-16)14-25-21-23(20)19(15)11-12-22(2,26-21)27-28-23/h4,6,8,13,15,17,19-21H,3,5,7,9-12,14H2,1-2H3/t15-,17+,19+,20+,21-,22+,23-/m1/s1. The minimum absolute atomic E-state index is 0.296. The Morgan fingerprint density at radius 2 is 2.04 bits per heavy atom. The summed E-state index contributed by atoms with van der Waals surface area (Å²) >= 11 is 6.14. The summed E-state index contributed by atoms with van der Waals surface area (Å²) in [6.07, 6.45) is 7.40. The highest BCUT2D eigenvalue weighted by molar-refractivity contribution is 6.30. The molecule has 154 valence electrons. The van der Waals surface area contributed by atoms with Crippen molar-refractivity contribution in [1.82, 2.24) is 0 Å². The molecule has 1 spiro atoms. The number of hydrogen-bond acceptors (Lipinski definition) is 4. The van der Waals surface area contributed by atoms with Gasteiger partial charge in [0, 0.05) is 17.4 Å². The number of benzene rings is 1. The van der Waals surface area contributed by atoms with Crippen LogP contribution in [0.3, 0.4) is 0 Å². The van der Waals surface area contributed by atoms with E-state index in [9.17, 15) is 0 Å². The van der Waals surface area contributed by atoms with E-state index in [0.717, 1.165) is 43.7 Å². The maximum absolute atomic E-state index is 6.33. The summed E-state index contributed by atoms with van der Waals surface area (Å²) < 4.78 is 12.7. The normalized spacial score (nSPS) is 44.8. The number of hydrogen-bond donors (Lipinski definition) is 0. The first-order chi connectivity index (χ1) is 13.5. The fourth-order valence-electron chi connectivity index (χ4n) is 6.27. The Kier molecular flexibility index (Phi) is 5.00. The second-order valence-electron chi connectivity index (χ2n) is 9.53. The minimum Gasteiger partial charge on any atom is -0.349 e. The summed E-state index contributed by atoms with van der Waals surface area (Å²) in [6.45, 7) is 5.10. The SMILES string of the molecule is C[C@@H]1CC[C@H]2[C@@H](CCCc3cccc(Cl)c3)CO[C@@H]3O[C@]4(C)CC[C@@H]1[C@]32OO4. The third kappa shape index (κ3) is 3.13. The van der Waals surface area contributed by atoms with E-state index in [2.05, 4.69) is 19.1 Å². The van der Waals surface area contributed by atoms with Crippen LogP contribution in [-0.2, 0) is 25.7 Å². The first-order valence-electron chi connectivity index (χ1n) is 10.9. The molecule has 4 nitrogen and oxygen atoms in total. The third-order valence-corrected chi connectivity index (χ3v) is 7.97. The average Bonchev–Trinajstić information content (AvgIpc) is 2.90. The molecule has 1 aromatic rings. The first kappa shape index (κ1) is 19.3. The number of rotatable bonds is 4. The Bertz CT molecular complexity index is 726. The van der Waals surface area contributed by atoms with Gasteiger partial charge < -0.3 is 9.47 Å². The van der Waals surface area contributed by atoms with Crippen LogP contribution in [0, 0.1) is 23.7 Å². The molecule has 0 unspecified atom stereocenters. The molecule has 1 saturated carbocycles. The Hall–Kier alpha value is -0.650. The van der Waals surface area contributed by atoms with E-state index in [4.69, 9.17) is 30.8 Å². The molecule has 0 amide bonds. The highest BCUT2D eigenvalue weighted by atomic mass is 35.5. The summed E-state index contributed by atoms with van der Waals surface area (Å²) in [4.78, 5) is 12.1. The molecular weight excluding hydrogens is 376 g/mol. The van der Waals surface area contributed by atoms with Crippen molar-refractivity contribution in [2.24, 2.45) is 23.7 Å². The highest BCUT2D eigenvalue weighted by Gasteiger charge is 2.68. The van der Waals surface area contributed by atoms with Crippen LogP contribution in [0.4, 0.5) is 0 Å². The van der Waals surface area contributed by atoms with Gasteiger partial charge in [-0.2, -0.15) is 0 Å². The van der Waals surface area contributed by atoms with Crippen molar-refractivity contribution in [1.29, 1.82) is 0 Å². The van der Waals surface area contributed by atoms with Gasteiger partial charge in [0.1, 0.15) is 0 Å². The Morgan fingerprint density at radius 1 is 1.14 bits per heavy atom. The van der Waals surface area contributed by atoms with Crippen LogP contribution in [0.2, 0.25) is 5.02 Å². The van der Waals surface area contributed by atoms with Crippen molar-refractivity contribution in [3.63, 3.8) is 0 Å². The first-order valence-corrected chi connectivity index (χ1v) is 11.3. The molecular formula is C23H31ClO4. The molecule has 1 aromatic carbocycles. The molecule has 4 heterocycles. The molecule has 0 aromatic heterocycles. The lowest BCUT2D eigenvalue weighted by Gasteiger charge is -2.59. The quantitative estimate of drug-likeness (QED) is 0.616. The summed E-state index contributed by atoms with van der Waals surface area (Å²) in [5, 5.41) is 0.816. The van der Waals surface area contributed by atoms with Gasteiger partial charge in [-0.15, -0.1) is 0 Å². The largest absolute Gasteiger partial charge is 0.349 e. The molecule has 0 radical (unpaired) electrons. The van der Waals surface area contributed by atoms with Crippen LogP contribution < -0.4 is 0 Å². The fourth-order valence-corrected chi connectivity index (χ4v) is 6.48. The summed E-state index contributed by atoms with van der Waals surface area (Å²) in [5.41, 5.74) is 0.869. The second-order valence-corrected chi connectivity index (χ2v) is 9.96. The van der Waals surface area contributed by atoms with Gasteiger partial charge in [-0.3, -0.25) is 0 Å². The summed E-state index contributed by atoms with van der Waals surface area (Å²) in [6, 6.07) is 8.20. The van der Waals surface area contributed by atoms with Crippen LogP contribution in [0.25, 0.3) is 0 Å². The van der Waals surface area contributed by atoms with E-state index >= 15 is 0 Å². The molecule has 4 saturated heterocycles. The van der Waals surface area contributed by atoms with Crippen molar-refractivity contribution >= 4 is 11.6 Å².